The summed E-state index contributed by atoms with van der Waals surface area (Å²) in [5.74, 6) is -0.219. The molecule has 0 saturated heterocycles. The summed E-state index contributed by atoms with van der Waals surface area (Å²) in [5.41, 5.74) is 9.18. The Bertz CT molecular complexity index is 427. The summed E-state index contributed by atoms with van der Waals surface area (Å²) in [6, 6.07) is 5.91. The van der Waals surface area contributed by atoms with Crippen molar-refractivity contribution in [1.82, 2.24) is 0 Å². The maximum absolute atomic E-state index is 12.1. The molecule has 20 heavy (non-hydrogen) atoms. The number of benzene rings is 1. The lowest BCUT2D eigenvalue weighted by Gasteiger charge is -2.42. The highest BCUT2D eigenvalue weighted by Gasteiger charge is 2.39. The molecule has 0 aliphatic rings. The maximum Gasteiger partial charge on any atom is 0.280 e. The molecule has 0 aromatic heterocycles. The lowest BCUT2D eigenvalue weighted by molar-refractivity contribution is -0.943. The van der Waals surface area contributed by atoms with Crippen LogP contribution in [-0.2, 0) is 4.79 Å². The van der Waals surface area contributed by atoms with Crippen molar-refractivity contribution in [2.45, 2.75) is 40.7 Å². The van der Waals surface area contributed by atoms with Gasteiger partial charge in [0.05, 0.1) is 19.6 Å². The van der Waals surface area contributed by atoms with Gasteiger partial charge < -0.3 is 22.6 Å². The van der Waals surface area contributed by atoms with Crippen molar-refractivity contribution in [3.05, 3.63) is 34.9 Å². The van der Waals surface area contributed by atoms with E-state index >= 15 is 0 Å². The Morgan fingerprint density at radius 2 is 1.50 bits per heavy atom. The van der Waals surface area contributed by atoms with E-state index < -0.39 is 0 Å². The van der Waals surface area contributed by atoms with Gasteiger partial charge in [-0.3, -0.25) is 4.79 Å². The average Bonchev–Trinajstić information content (AvgIpc) is 2.38. The fourth-order valence-corrected chi connectivity index (χ4v) is 3.16. The summed E-state index contributed by atoms with van der Waals surface area (Å²) in [6.07, 6.45) is 0. The van der Waals surface area contributed by atoms with Crippen molar-refractivity contribution < 1.29 is 21.7 Å². The number of amides is 1. The molecular weight excluding hydrogens is 272 g/mol. The maximum atomic E-state index is 12.1. The van der Waals surface area contributed by atoms with Gasteiger partial charge in [-0.05, 0) is 45.7 Å². The monoisotopic (exact) mass is 298 g/mol. The Morgan fingerprint density at radius 1 is 1.10 bits per heavy atom. The predicted molar refractivity (Wildman–Crippen MR) is 79.7 cm³/mol. The SMILES string of the molecule is CC[N+](CC)(CC)C(C(N)=O)c1c(C)cccc1C.[Cl-]. The molecule has 0 saturated carbocycles. The third-order valence-corrected chi connectivity index (χ3v) is 4.52. The lowest BCUT2D eigenvalue weighted by Crippen LogP contribution is -3.00. The zero-order valence-corrected chi connectivity index (χ0v) is 14.0. The number of primary amides is 1. The number of rotatable bonds is 6. The van der Waals surface area contributed by atoms with Gasteiger partial charge in [-0.2, -0.15) is 0 Å². The Kier molecular flexibility index (Phi) is 7.25. The first-order valence-electron chi connectivity index (χ1n) is 7.14. The summed E-state index contributed by atoms with van der Waals surface area (Å²) in [7, 11) is 0. The first kappa shape index (κ1) is 18.9. The van der Waals surface area contributed by atoms with Crippen molar-refractivity contribution >= 4 is 5.91 Å². The van der Waals surface area contributed by atoms with E-state index in [1.165, 1.54) is 0 Å². The van der Waals surface area contributed by atoms with Gasteiger partial charge in [0.15, 0.2) is 6.04 Å². The second kappa shape index (κ2) is 7.65. The second-order valence-electron chi connectivity index (χ2n) is 5.28. The third-order valence-electron chi connectivity index (χ3n) is 4.52. The molecule has 0 bridgehead atoms. The Hall–Kier alpha value is -1.06. The van der Waals surface area contributed by atoms with Crippen LogP contribution in [0, 0.1) is 13.8 Å². The van der Waals surface area contributed by atoms with Gasteiger partial charge in [0.2, 0.25) is 0 Å². The van der Waals surface area contributed by atoms with Crippen molar-refractivity contribution in [1.29, 1.82) is 0 Å². The molecule has 0 aliphatic carbocycles. The van der Waals surface area contributed by atoms with Crippen LogP contribution in [0.1, 0.15) is 43.5 Å². The standard InChI is InChI=1S/C16H26N2O.ClH/c1-6-18(7-2,8-3)15(16(17)19)14-12(4)10-9-11-13(14)5;/h9-11,15H,6-8H2,1-5H3,(H-,17,19);1H. The molecule has 0 spiro atoms. The lowest BCUT2D eigenvalue weighted by atomic mass is 9.92. The van der Waals surface area contributed by atoms with Gasteiger partial charge in [-0.1, -0.05) is 18.2 Å². The zero-order valence-electron chi connectivity index (χ0n) is 13.2. The van der Waals surface area contributed by atoms with E-state index in [1.54, 1.807) is 0 Å². The van der Waals surface area contributed by atoms with E-state index in [0.717, 1.165) is 40.8 Å². The highest BCUT2D eigenvalue weighted by molar-refractivity contribution is 5.81. The zero-order chi connectivity index (χ0) is 14.6. The van der Waals surface area contributed by atoms with Gasteiger partial charge in [0, 0.05) is 5.56 Å². The molecule has 0 radical (unpaired) electrons. The summed E-state index contributed by atoms with van der Waals surface area (Å²) >= 11 is 0. The smallest absolute Gasteiger partial charge is 0.280 e. The second-order valence-corrected chi connectivity index (χ2v) is 5.28. The molecule has 1 rings (SSSR count). The van der Waals surface area contributed by atoms with E-state index in [0.29, 0.717) is 0 Å². The summed E-state index contributed by atoms with van der Waals surface area (Å²) in [6.45, 7) is 13.3. The van der Waals surface area contributed by atoms with E-state index in [2.05, 4.69) is 46.8 Å². The van der Waals surface area contributed by atoms with Gasteiger partial charge >= 0.3 is 0 Å². The minimum absolute atomic E-state index is 0. The van der Waals surface area contributed by atoms with Gasteiger partial charge in [0.25, 0.3) is 5.91 Å². The van der Waals surface area contributed by atoms with E-state index in [9.17, 15) is 4.79 Å². The van der Waals surface area contributed by atoms with Gasteiger partial charge in [0.1, 0.15) is 0 Å². The van der Waals surface area contributed by atoms with Crippen LogP contribution < -0.4 is 18.1 Å². The molecule has 1 aromatic carbocycles. The minimum Gasteiger partial charge on any atom is -1.00 e. The average molecular weight is 299 g/mol. The number of nitrogens with zero attached hydrogens (tertiary/aromatic N) is 1. The fraction of sp³-hybridized carbons (Fsp3) is 0.562. The number of aryl methyl sites for hydroxylation is 2. The van der Waals surface area contributed by atoms with Gasteiger partial charge in [-0.25, -0.2) is 0 Å². The normalized spacial score (nSPS) is 12.7. The molecule has 1 atom stereocenters. The number of carbonyl (C=O) groups is 1. The van der Waals surface area contributed by atoms with Crippen LogP contribution in [0.2, 0.25) is 0 Å². The van der Waals surface area contributed by atoms with Crippen LogP contribution in [0.5, 0.6) is 0 Å². The molecule has 1 aromatic rings. The largest absolute Gasteiger partial charge is 1.00 e. The number of hydrogen-bond donors (Lipinski definition) is 1. The molecule has 114 valence electrons. The predicted octanol–water partition coefficient (Wildman–Crippen LogP) is -0.290. The number of likely N-dealkylation sites (N-methyl/N-ethyl adjacent to an activating group) is 1. The summed E-state index contributed by atoms with van der Waals surface area (Å²) in [4.78, 5) is 12.1. The van der Waals surface area contributed by atoms with E-state index in [4.69, 9.17) is 5.73 Å². The Balaban J connectivity index is 0.00000361. The minimum atomic E-state index is -0.249. The molecule has 4 heteroatoms. The molecule has 0 aliphatic heterocycles. The molecular formula is C16H27ClN2O. The topological polar surface area (TPSA) is 43.1 Å². The molecule has 0 heterocycles. The van der Waals surface area contributed by atoms with Crippen molar-refractivity contribution in [3.63, 3.8) is 0 Å². The van der Waals surface area contributed by atoms with Crippen LogP contribution in [0.15, 0.2) is 18.2 Å². The fourth-order valence-electron chi connectivity index (χ4n) is 3.16. The van der Waals surface area contributed by atoms with Crippen molar-refractivity contribution in [2.24, 2.45) is 5.73 Å². The highest BCUT2D eigenvalue weighted by Crippen LogP contribution is 2.32. The van der Waals surface area contributed by atoms with E-state index in [-0.39, 0.29) is 24.4 Å². The quantitative estimate of drug-likeness (QED) is 0.721. The van der Waals surface area contributed by atoms with Crippen LogP contribution in [0.4, 0.5) is 0 Å². The number of carbonyl (C=O) groups excluding carboxylic acids is 1. The van der Waals surface area contributed by atoms with Crippen molar-refractivity contribution in [3.8, 4) is 0 Å². The Labute approximate surface area is 129 Å². The van der Waals surface area contributed by atoms with E-state index in [1.807, 2.05) is 6.07 Å². The van der Waals surface area contributed by atoms with Gasteiger partial charge in [-0.15, -0.1) is 0 Å². The summed E-state index contributed by atoms with van der Waals surface area (Å²) < 4.78 is 0.723. The van der Waals surface area contributed by atoms with Crippen LogP contribution >= 0.6 is 0 Å². The first-order chi connectivity index (χ1) is 8.93. The molecule has 2 N–H and O–H groups in total. The number of nitrogens with two attached hydrogens (primary N) is 1. The highest BCUT2D eigenvalue weighted by atomic mass is 35.5. The molecule has 3 nitrogen and oxygen atoms in total. The molecule has 0 fully saturated rings. The van der Waals surface area contributed by atoms with Crippen LogP contribution in [0.25, 0.3) is 0 Å². The first-order valence-corrected chi connectivity index (χ1v) is 7.14. The number of halogens is 1. The van der Waals surface area contributed by atoms with Crippen molar-refractivity contribution in [2.75, 3.05) is 19.6 Å². The van der Waals surface area contributed by atoms with Crippen LogP contribution in [-0.4, -0.2) is 30.0 Å². The Morgan fingerprint density at radius 3 is 1.80 bits per heavy atom. The summed E-state index contributed by atoms with van der Waals surface area (Å²) in [5, 5.41) is 0. The number of hydrogen-bond acceptors (Lipinski definition) is 1. The molecule has 1 amide bonds. The molecule has 1 unspecified atom stereocenters. The van der Waals surface area contributed by atoms with Crippen LogP contribution in [0.3, 0.4) is 0 Å². The third kappa shape index (κ3) is 3.33. The number of quaternary nitrogens is 1.